The van der Waals surface area contributed by atoms with Crippen molar-refractivity contribution in [3.63, 3.8) is 0 Å². The minimum Gasteiger partial charge on any atom is -0.496 e. The van der Waals surface area contributed by atoms with Crippen LogP contribution in [0.2, 0.25) is 0 Å². The smallest absolute Gasteiger partial charge is 0.336 e. The van der Waals surface area contributed by atoms with E-state index in [1.807, 2.05) is 49.4 Å². The second-order valence-corrected chi connectivity index (χ2v) is 9.90. The number of rotatable bonds is 10. The number of aryl methyl sites for hydroxylation is 1. The molecule has 3 aromatic carbocycles. The first-order chi connectivity index (χ1) is 20.8. The lowest BCUT2D eigenvalue weighted by atomic mass is 9.90. The van der Waals surface area contributed by atoms with Crippen molar-refractivity contribution in [3.05, 3.63) is 119 Å². The number of amides is 1. The van der Waals surface area contributed by atoms with Crippen LogP contribution in [0.15, 0.2) is 90.3 Å². The number of benzene rings is 3. The van der Waals surface area contributed by atoms with Gasteiger partial charge in [-0.3, -0.25) is 9.78 Å². The minimum atomic E-state index is -1.14. The third-order valence-corrected chi connectivity index (χ3v) is 7.37. The number of carbonyl (C=O) groups excluding carboxylic acids is 1. The standard InChI is InChI=1S/C33H31N5O5/c1-3-38-19-22(25-12-11-21(15-29(25)38)31(34)37-42)14-20-8-4-5-10-24(20)26-16-28(30(43-2)17-27(26)33(40)41)32(39)36-18-23-9-6-7-13-35-23/h4-13,15-17,19,42H,3,14,18H2,1-2H3,(H2,34,37)(H,36,39)(H,40,41). The third-order valence-electron chi connectivity index (χ3n) is 7.37. The molecule has 1 amide bonds. The number of hydrogen-bond acceptors (Lipinski definition) is 6. The molecule has 0 saturated carbocycles. The summed E-state index contributed by atoms with van der Waals surface area (Å²) in [6.07, 6.45) is 4.20. The number of amidine groups is 1. The van der Waals surface area contributed by atoms with E-state index in [0.29, 0.717) is 35.3 Å². The normalized spacial score (nSPS) is 11.4. The van der Waals surface area contributed by atoms with Gasteiger partial charge in [0.1, 0.15) is 5.75 Å². The molecular formula is C33H31N5O5. The summed E-state index contributed by atoms with van der Waals surface area (Å²) < 4.78 is 7.53. The first-order valence-electron chi connectivity index (χ1n) is 13.7. The molecule has 5 aromatic rings. The Balaban J connectivity index is 1.57. The Labute approximate surface area is 248 Å². The second-order valence-electron chi connectivity index (χ2n) is 9.90. The van der Waals surface area contributed by atoms with Crippen molar-refractivity contribution in [1.82, 2.24) is 14.9 Å². The van der Waals surface area contributed by atoms with E-state index in [0.717, 1.165) is 22.0 Å². The highest BCUT2D eigenvalue weighted by Crippen LogP contribution is 2.35. The lowest BCUT2D eigenvalue weighted by Crippen LogP contribution is -2.24. The van der Waals surface area contributed by atoms with Gasteiger partial charge in [-0.2, -0.15) is 0 Å². The molecule has 0 aliphatic carbocycles. The van der Waals surface area contributed by atoms with E-state index >= 15 is 0 Å². The fourth-order valence-corrected chi connectivity index (χ4v) is 5.22. The number of carboxylic acids is 1. The molecule has 0 unspecified atom stereocenters. The number of ether oxygens (including phenoxy) is 1. The van der Waals surface area contributed by atoms with Gasteiger partial charge < -0.3 is 30.7 Å². The van der Waals surface area contributed by atoms with E-state index in [1.165, 1.54) is 13.2 Å². The van der Waals surface area contributed by atoms with Gasteiger partial charge in [-0.1, -0.05) is 47.6 Å². The Morgan fingerprint density at radius 2 is 1.79 bits per heavy atom. The zero-order valence-electron chi connectivity index (χ0n) is 23.7. The summed E-state index contributed by atoms with van der Waals surface area (Å²) in [4.78, 5) is 30.0. The van der Waals surface area contributed by atoms with E-state index < -0.39 is 11.9 Å². The van der Waals surface area contributed by atoms with Crippen molar-refractivity contribution in [2.75, 3.05) is 7.11 Å². The Kier molecular flexibility index (Phi) is 8.38. The Morgan fingerprint density at radius 1 is 1.00 bits per heavy atom. The lowest BCUT2D eigenvalue weighted by Gasteiger charge is -2.16. The summed E-state index contributed by atoms with van der Waals surface area (Å²) >= 11 is 0. The van der Waals surface area contributed by atoms with Crippen LogP contribution >= 0.6 is 0 Å². The molecule has 0 atom stereocenters. The first-order valence-corrected chi connectivity index (χ1v) is 13.7. The number of oxime groups is 1. The van der Waals surface area contributed by atoms with Crippen LogP contribution in [-0.2, 0) is 19.5 Å². The monoisotopic (exact) mass is 577 g/mol. The highest BCUT2D eigenvalue weighted by Gasteiger charge is 2.23. The number of hydrogen-bond donors (Lipinski definition) is 4. The minimum absolute atomic E-state index is 0.0185. The Morgan fingerprint density at radius 3 is 2.49 bits per heavy atom. The number of aromatic nitrogens is 2. The number of carbonyl (C=O) groups is 2. The number of nitrogens with one attached hydrogen (secondary N) is 1. The highest BCUT2D eigenvalue weighted by molar-refractivity contribution is 6.04. The van der Waals surface area contributed by atoms with Gasteiger partial charge in [-0.25, -0.2) is 4.79 Å². The van der Waals surface area contributed by atoms with E-state index in [4.69, 9.17) is 15.7 Å². The van der Waals surface area contributed by atoms with Crippen LogP contribution in [-0.4, -0.2) is 44.7 Å². The third kappa shape index (κ3) is 5.89. The zero-order valence-corrected chi connectivity index (χ0v) is 23.7. The number of aromatic carboxylic acids is 1. The van der Waals surface area contributed by atoms with E-state index in [1.54, 1.807) is 30.5 Å². The Bertz CT molecular complexity index is 1850. The van der Waals surface area contributed by atoms with Crippen LogP contribution in [0.3, 0.4) is 0 Å². The molecule has 0 aliphatic rings. The Hall–Kier alpha value is -5.64. The van der Waals surface area contributed by atoms with Crippen LogP contribution < -0.4 is 15.8 Å². The lowest BCUT2D eigenvalue weighted by molar-refractivity contribution is 0.0696. The van der Waals surface area contributed by atoms with Crippen LogP contribution in [0.4, 0.5) is 0 Å². The number of carboxylic acid groups (broad SMARTS) is 1. The van der Waals surface area contributed by atoms with Crippen LogP contribution in [0, 0.1) is 0 Å². The van der Waals surface area contributed by atoms with E-state index in [-0.39, 0.29) is 29.3 Å². The molecule has 0 bridgehead atoms. The maximum Gasteiger partial charge on any atom is 0.336 e. The molecule has 2 heterocycles. The fourth-order valence-electron chi connectivity index (χ4n) is 5.22. The molecule has 10 heteroatoms. The molecular weight excluding hydrogens is 546 g/mol. The van der Waals surface area contributed by atoms with Gasteiger partial charge in [-0.15, -0.1) is 0 Å². The van der Waals surface area contributed by atoms with E-state index in [9.17, 15) is 14.7 Å². The quantitative estimate of drug-likeness (QED) is 0.0785. The van der Waals surface area contributed by atoms with Gasteiger partial charge in [0.25, 0.3) is 5.91 Å². The highest BCUT2D eigenvalue weighted by atomic mass is 16.5. The van der Waals surface area contributed by atoms with Gasteiger partial charge in [0.2, 0.25) is 0 Å². The molecule has 5 N–H and O–H groups in total. The maximum absolute atomic E-state index is 13.3. The van der Waals surface area contributed by atoms with Gasteiger partial charge >= 0.3 is 5.97 Å². The number of nitrogens with two attached hydrogens (primary N) is 1. The van der Waals surface area contributed by atoms with Crippen molar-refractivity contribution in [1.29, 1.82) is 0 Å². The van der Waals surface area contributed by atoms with Crippen molar-refractivity contribution < 1.29 is 24.6 Å². The van der Waals surface area contributed by atoms with Crippen LogP contribution in [0.1, 0.15) is 50.0 Å². The summed E-state index contributed by atoms with van der Waals surface area (Å²) in [6.45, 7) is 2.94. The largest absolute Gasteiger partial charge is 0.496 e. The van der Waals surface area contributed by atoms with Gasteiger partial charge in [0.05, 0.1) is 30.5 Å². The fraction of sp³-hybridized carbons (Fsp3) is 0.152. The SMILES string of the molecule is CCn1cc(Cc2ccccc2-c2cc(C(=O)NCc3ccccn3)c(OC)cc2C(=O)O)c2ccc(C(N)=NO)cc21. The van der Waals surface area contributed by atoms with Crippen molar-refractivity contribution in [3.8, 4) is 16.9 Å². The molecule has 0 aliphatic heterocycles. The van der Waals surface area contributed by atoms with Crippen molar-refractivity contribution in [2.45, 2.75) is 26.4 Å². The molecule has 0 saturated heterocycles. The van der Waals surface area contributed by atoms with Crippen molar-refractivity contribution in [2.24, 2.45) is 10.9 Å². The topological polar surface area (TPSA) is 152 Å². The number of nitrogens with zero attached hydrogens (tertiary/aromatic N) is 3. The van der Waals surface area contributed by atoms with Gasteiger partial charge in [0.15, 0.2) is 5.84 Å². The molecule has 43 heavy (non-hydrogen) atoms. The van der Waals surface area contributed by atoms with Crippen LogP contribution in [0.5, 0.6) is 5.75 Å². The summed E-state index contributed by atoms with van der Waals surface area (Å²) in [6, 6.07) is 21.6. The average molecular weight is 578 g/mol. The molecule has 5 rings (SSSR count). The number of methoxy groups -OCH3 is 1. The summed E-state index contributed by atoms with van der Waals surface area (Å²) in [5.41, 5.74) is 11.3. The average Bonchev–Trinajstić information content (AvgIpc) is 3.39. The molecule has 0 fully saturated rings. The molecule has 218 valence electrons. The molecule has 0 radical (unpaired) electrons. The number of pyridine rings is 1. The predicted octanol–water partition coefficient (Wildman–Crippen LogP) is 5.05. The summed E-state index contributed by atoms with van der Waals surface area (Å²) in [7, 11) is 1.40. The first kappa shape index (κ1) is 28.9. The summed E-state index contributed by atoms with van der Waals surface area (Å²) in [5, 5.41) is 26.3. The maximum atomic E-state index is 13.3. The molecule has 2 aromatic heterocycles. The van der Waals surface area contributed by atoms with Gasteiger partial charge in [0, 0.05) is 41.8 Å². The van der Waals surface area contributed by atoms with Crippen molar-refractivity contribution >= 4 is 28.6 Å². The summed E-state index contributed by atoms with van der Waals surface area (Å²) in [5.74, 6) is -1.37. The van der Waals surface area contributed by atoms with E-state index in [2.05, 4.69) is 26.2 Å². The zero-order chi connectivity index (χ0) is 30.5. The number of fused-ring (bicyclic) bond motifs is 1. The van der Waals surface area contributed by atoms with Crippen LogP contribution in [0.25, 0.3) is 22.0 Å². The molecule has 10 nitrogen and oxygen atoms in total. The molecule has 0 spiro atoms. The van der Waals surface area contributed by atoms with Gasteiger partial charge in [-0.05, 0) is 59.5 Å². The predicted molar refractivity (Wildman–Crippen MR) is 164 cm³/mol. The second kappa shape index (κ2) is 12.5.